The largest absolute Gasteiger partial charge is 0.485 e. The number of nitrogens with two attached hydrogens (primary N) is 1. The molecule has 0 radical (unpaired) electrons. The van der Waals surface area contributed by atoms with Gasteiger partial charge in [0.1, 0.15) is 18.2 Å². The van der Waals surface area contributed by atoms with Crippen LogP contribution in [-0.4, -0.2) is 14.8 Å². The van der Waals surface area contributed by atoms with Gasteiger partial charge in [-0.2, -0.15) is 5.10 Å². The maximum Gasteiger partial charge on any atom is 0.188 e. The average Bonchev–Trinajstić information content (AvgIpc) is 2.56. The number of aryl methyl sites for hydroxylation is 2. The summed E-state index contributed by atoms with van der Waals surface area (Å²) in [7, 11) is 1.85. The molecule has 2 rings (SSSR count). The lowest BCUT2D eigenvalue weighted by atomic mass is 10.3. The van der Waals surface area contributed by atoms with E-state index in [-0.39, 0.29) is 0 Å². The van der Waals surface area contributed by atoms with E-state index in [2.05, 4.69) is 10.1 Å². The summed E-state index contributed by atoms with van der Waals surface area (Å²) in [6.45, 7) is 2.25. The monoisotopic (exact) mass is 218 g/mol. The van der Waals surface area contributed by atoms with Crippen LogP contribution in [-0.2, 0) is 13.7 Å². The van der Waals surface area contributed by atoms with Crippen LogP contribution in [0.3, 0.4) is 0 Å². The van der Waals surface area contributed by atoms with Gasteiger partial charge in [0.25, 0.3) is 0 Å². The number of hydrogen-bond donors (Lipinski definition) is 1. The molecule has 2 N–H and O–H groups in total. The first kappa shape index (κ1) is 10.5. The van der Waals surface area contributed by atoms with Crippen LogP contribution in [0.2, 0.25) is 0 Å². The standard InChI is InChI=1S/C11H14N4O/c1-8-13-11(14-15(8)2)7-16-10-5-3-4-9(12)6-10/h3-6H,7,12H2,1-2H3. The molecule has 84 valence electrons. The second kappa shape index (κ2) is 4.22. The van der Waals surface area contributed by atoms with Crippen molar-refractivity contribution in [3.8, 4) is 5.75 Å². The molecule has 0 aliphatic rings. The normalized spacial score (nSPS) is 10.4. The fourth-order valence-corrected chi connectivity index (χ4v) is 1.34. The van der Waals surface area contributed by atoms with Crippen molar-refractivity contribution in [2.45, 2.75) is 13.5 Å². The van der Waals surface area contributed by atoms with Gasteiger partial charge in [0.2, 0.25) is 0 Å². The van der Waals surface area contributed by atoms with Crippen molar-refractivity contribution in [1.82, 2.24) is 14.8 Å². The van der Waals surface area contributed by atoms with Gasteiger partial charge in [0.05, 0.1) is 0 Å². The molecule has 0 aliphatic carbocycles. The Balaban J connectivity index is 2.02. The SMILES string of the molecule is Cc1nc(COc2cccc(N)c2)nn1C. The minimum absolute atomic E-state index is 0.352. The number of benzene rings is 1. The molecule has 2 aromatic rings. The average molecular weight is 218 g/mol. The third-order valence-electron chi connectivity index (χ3n) is 2.25. The minimum Gasteiger partial charge on any atom is -0.485 e. The van der Waals surface area contributed by atoms with Crippen LogP contribution in [0.15, 0.2) is 24.3 Å². The van der Waals surface area contributed by atoms with Crippen LogP contribution >= 0.6 is 0 Å². The van der Waals surface area contributed by atoms with E-state index in [0.717, 1.165) is 11.6 Å². The third kappa shape index (κ3) is 2.31. The Morgan fingerprint density at radius 3 is 2.88 bits per heavy atom. The molecule has 1 aromatic heterocycles. The van der Waals surface area contributed by atoms with Crippen molar-refractivity contribution in [1.29, 1.82) is 0 Å². The maximum atomic E-state index is 5.64. The number of anilines is 1. The fourth-order valence-electron chi connectivity index (χ4n) is 1.34. The van der Waals surface area contributed by atoms with E-state index in [1.807, 2.05) is 32.2 Å². The molecule has 0 aliphatic heterocycles. The zero-order chi connectivity index (χ0) is 11.5. The molecule has 0 atom stereocenters. The lowest BCUT2D eigenvalue weighted by Gasteiger charge is -2.03. The summed E-state index contributed by atoms with van der Waals surface area (Å²) in [4.78, 5) is 4.24. The van der Waals surface area contributed by atoms with Crippen LogP contribution in [0.25, 0.3) is 0 Å². The Labute approximate surface area is 93.9 Å². The molecule has 0 amide bonds. The molecule has 0 saturated heterocycles. The van der Waals surface area contributed by atoms with Crippen molar-refractivity contribution in [3.05, 3.63) is 35.9 Å². The summed E-state index contributed by atoms with van der Waals surface area (Å²) in [6.07, 6.45) is 0. The number of nitrogens with zero attached hydrogens (tertiary/aromatic N) is 3. The van der Waals surface area contributed by atoms with Gasteiger partial charge < -0.3 is 10.5 Å². The first-order chi connectivity index (χ1) is 7.65. The van der Waals surface area contributed by atoms with E-state index in [9.17, 15) is 0 Å². The van der Waals surface area contributed by atoms with Gasteiger partial charge in [-0.05, 0) is 19.1 Å². The quantitative estimate of drug-likeness (QED) is 0.788. The van der Waals surface area contributed by atoms with Crippen LogP contribution in [0.4, 0.5) is 5.69 Å². The number of rotatable bonds is 3. The van der Waals surface area contributed by atoms with Gasteiger partial charge in [-0.25, -0.2) is 4.98 Å². The number of aromatic nitrogens is 3. The smallest absolute Gasteiger partial charge is 0.188 e. The van der Waals surface area contributed by atoms with E-state index in [0.29, 0.717) is 18.1 Å². The van der Waals surface area contributed by atoms with Crippen LogP contribution in [0, 0.1) is 6.92 Å². The Hall–Kier alpha value is -2.04. The lowest BCUT2D eigenvalue weighted by Crippen LogP contribution is -1.99. The highest BCUT2D eigenvalue weighted by atomic mass is 16.5. The topological polar surface area (TPSA) is 66.0 Å². The third-order valence-corrected chi connectivity index (χ3v) is 2.25. The molecule has 0 spiro atoms. The van der Waals surface area contributed by atoms with Crippen molar-refractivity contribution in [3.63, 3.8) is 0 Å². The first-order valence-corrected chi connectivity index (χ1v) is 5.00. The predicted molar refractivity (Wildman–Crippen MR) is 60.9 cm³/mol. The zero-order valence-electron chi connectivity index (χ0n) is 9.34. The lowest BCUT2D eigenvalue weighted by molar-refractivity contribution is 0.295. The molecular weight excluding hydrogens is 204 g/mol. The van der Waals surface area contributed by atoms with Crippen LogP contribution in [0.1, 0.15) is 11.6 Å². The van der Waals surface area contributed by atoms with E-state index in [1.165, 1.54) is 0 Å². The minimum atomic E-state index is 0.352. The summed E-state index contributed by atoms with van der Waals surface area (Å²) < 4.78 is 7.24. The number of hydrogen-bond acceptors (Lipinski definition) is 4. The molecule has 1 aromatic carbocycles. The van der Waals surface area contributed by atoms with Crippen LogP contribution < -0.4 is 10.5 Å². The predicted octanol–water partition coefficient (Wildman–Crippen LogP) is 1.28. The molecule has 16 heavy (non-hydrogen) atoms. The number of ether oxygens (including phenoxy) is 1. The second-order valence-corrected chi connectivity index (χ2v) is 3.56. The van der Waals surface area contributed by atoms with Gasteiger partial charge in [-0.1, -0.05) is 6.07 Å². The molecule has 0 unspecified atom stereocenters. The van der Waals surface area contributed by atoms with Crippen LogP contribution in [0.5, 0.6) is 5.75 Å². The van der Waals surface area contributed by atoms with Crippen molar-refractivity contribution < 1.29 is 4.74 Å². The highest BCUT2D eigenvalue weighted by Gasteiger charge is 2.03. The zero-order valence-corrected chi connectivity index (χ0v) is 9.34. The molecule has 1 heterocycles. The van der Waals surface area contributed by atoms with Crippen molar-refractivity contribution in [2.24, 2.45) is 7.05 Å². The molecular formula is C11H14N4O. The summed E-state index contributed by atoms with van der Waals surface area (Å²) in [5.41, 5.74) is 6.32. The summed E-state index contributed by atoms with van der Waals surface area (Å²) >= 11 is 0. The molecule has 5 heteroatoms. The van der Waals surface area contributed by atoms with Gasteiger partial charge in [-0.3, -0.25) is 4.68 Å². The van der Waals surface area contributed by atoms with E-state index >= 15 is 0 Å². The number of nitrogen functional groups attached to an aromatic ring is 1. The molecule has 0 saturated carbocycles. The highest BCUT2D eigenvalue weighted by Crippen LogP contribution is 2.15. The van der Waals surface area contributed by atoms with Gasteiger partial charge in [0, 0.05) is 18.8 Å². The summed E-state index contributed by atoms with van der Waals surface area (Å²) in [6, 6.07) is 7.29. The van der Waals surface area contributed by atoms with E-state index < -0.39 is 0 Å². The van der Waals surface area contributed by atoms with Crippen molar-refractivity contribution in [2.75, 3.05) is 5.73 Å². The summed E-state index contributed by atoms with van der Waals surface area (Å²) in [5, 5.41) is 4.20. The van der Waals surface area contributed by atoms with E-state index in [1.54, 1.807) is 10.7 Å². The van der Waals surface area contributed by atoms with Crippen molar-refractivity contribution >= 4 is 5.69 Å². The Kier molecular flexibility index (Phi) is 2.76. The highest BCUT2D eigenvalue weighted by molar-refractivity contribution is 5.43. The van der Waals surface area contributed by atoms with Gasteiger partial charge >= 0.3 is 0 Å². The molecule has 0 fully saturated rings. The Bertz CT molecular complexity index is 473. The molecule has 5 nitrogen and oxygen atoms in total. The maximum absolute atomic E-state index is 5.64. The Morgan fingerprint density at radius 1 is 1.44 bits per heavy atom. The first-order valence-electron chi connectivity index (χ1n) is 5.00. The molecule has 0 bridgehead atoms. The van der Waals surface area contributed by atoms with Gasteiger partial charge in [-0.15, -0.1) is 0 Å². The Morgan fingerprint density at radius 2 is 2.25 bits per heavy atom. The van der Waals surface area contributed by atoms with Gasteiger partial charge in [0.15, 0.2) is 5.82 Å². The summed E-state index contributed by atoms with van der Waals surface area (Å²) in [5.74, 6) is 2.26. The van der Waals surface area contributed by atoms with E-state index in [4.69, 9.17) is 10.5 Å². The second-order valence-electron chi connectivity index (χ2n) is 3.56. The fraction of sp³-hybridized carbons (Fsp3) is 0.273.